The van der Waals surface area contributed by atoms with Crippen LogP contribution in [0.5, 0.6) is 0 Å². The van der Waals surface area contributed by atoms with Gasteiger partial charge < -0.3 is 10.2 Å². The Hall–Kier alpha value is -1.43. The van der Waals surface area contributed by atoms with Crippen LogP contribution in [-0.2, 0) is 16.0 Å². The molecule has 1 saturated carbocycles. The molecule has 2 amide bonds. The molecule has 2 aliphatic rings. The number of aromatic nitrogens is 1. The normalized spacial score (nSPS) is 23.6. The molecule has 1 saturated heterocycles. The van der Waals surface area contributed by atoms with Crippen molar-refractivity contribution in [2.24, 2.45) is 11.8 Å². The second-order valence-corrected chi connectivity index (χ2v) is 8.25. The summed E-state index contributed by atoms with van der Waals surface area (Å²) in [5.74, 6) is 0.0561. The standard InChI is InChI=1S/C19H29N3O2S/c1-14-13-25-17(21-14)9-6-10-20-18(23)15-7-2-3-8-16(15)19(24)22-11-4-5-12-22/h13,15-16H,2-12H2,1H3,(H,20,23)/t15-,16+/m1/s1. The third kappa shape index (κ3) is 4.81. The lowest BCUT2D eigenvalue weighted by Gasteiger charge is -2.32. The topological polar surface area (TPSA) is 62.3 Å². The van der Waals surface area contributed by atoms with Gasteiger partial charge in [0.25, 0.3) is 0 Å². The molecule has 25 heavy (non-hydrogen) atoms. The van der Waals surface area contributed by atoms with Crippen LogP contribution >= 0.6 is 11.3 Å². The van der Waals surface area contributed by atoms with Crippen molar-refractivity contribution in [3.63, 3.8) is 0 Å². The van der Waals surface area contributed by atoms with Gasteiger partial charge >= 0.3 is 0 Å². The Morgan fingerprint density at radius 3 is 2.60 bits per heavy atom. The molecule has 1 aromatic heterocycles. The molecule has 1 N–H and O–H groups in total. The number of likely N-dealkylation sites (tertiary alicyclic amines) is 1. The molecule has 2 fully saturated rings. The van der Waals surface area contributed by atoms with Crippen LogP contribution in [0.15, 0.2) is 5.38 Å². The van der Waals surface area contributed by atoms with E-state index in [2.05, 4.69) is 15.7 Å². The number of hydrogen-bond donors (Lipinski definition) is 1. The van der Waals surface area contributed by atoms with Gasteiger partial charge in [-0.2, -0.15) is 0 Å². The van der Waals surface area contributed by atoms with Gasteiger partial charge in [0.05, 0.1) is 5.01 Å². The molecule has 1 aliphatic heterocycles. The first-order chi connectivity index (χ1) is 12.1. The van der Waals surface area contributed by atoms with Crippen molar-refractivity contribution in [2.45, 2.75) is 58.3 Å². The third-order valence-corrected chi connectivity index (χ3v) is 6.40. The Labute approximate surface area is 154 Å². The van der Waals surface area contributed by atoms with Crippen molar-refractivity contribution in [1.29, 1.82) is 0 Å². The summed E-state index contributed by atoms with van der Waals surface area (Å²) < 4.78 is 0. The minimum absolute atomic E-state index is 0.0765. The first-order valence-electron chi connectivity index (χ1n) is 9.62. The summed E-state index contributed by atoms with van der Waals surface area (Å²) in [6, 6.07) is 0. The highest BCUT2D eigenvalue weighted by Gasteiger charge is 2.38. The Morgan fingerprint density at radius 1 is 1.20 bits per heavy atom. The summed E-state index contributed by atoms with van der Waals surface area (Å²) in [5, 5.41) is 6.26. The number of thiazole rings is 1. The van der Waals surface area contributed by atoms with Gasteiger partial charge in [-0.1, -0.05) is 12.8 Å². The van der Waals surface area contributed by atoms with E-state index in [1.54, 1.807) is 11.3 Å². The number of carbonyl (C=O) groups is 2. The lowest BCUT2D eigenvalue weighted by atomic mass is 9.78. The van der Waals surface area contributed by atoms with E-state index in [4.69, 9.17) is 0 Å². The first kappa shape index (κ1) is 18.4. The van der Waals surface area contributed by atoms with Crippen LogP contribution in [0.2, 0.25) is 0 Å². The van der Waals surface area contributed by atoms with Crippen molar-refractivity contribution < 1.29 is 9.59 Å². The molecule has 5 nitrogen and oxygen atoms in total. The van der Waals surface area contributed by atoms with Crippen molar-refractivity contribution in [3.8, 4) is 0 Å². The van der Waals surface area contributed by atoms with Gasteiger partial charge in [0.1, 0.15) is 0 Å². The second-order valence-electron chi connectivity index (χ2n) is 7.31. The minimum Gasteiger partial charge on any atom is -0.356 e. The molecule has 6 heteroatoms. The van der Waals surface area contributed by atoms with Gasteiger partial charge in [-0.15, -0.1) is 11.3 Å². The van der Waals surface area contributed by atoms with Gasteiger partial charge in [-0.3, -0.25) is 9.59 Å². The monoisotopic (exact) mass is 363 g/mol. The van der Waals surface area contributed by atoms with Gasteiger partial charge in [-0.25, -0.2) is 4.98 Å². The zero-order valence-corrected chi connectivity index (χ0v) is 15.9. The Kier molecular flexibility index (Phi) is 6.45. The quantitative estimate of drug-likeness (QED) is 0.791. The number of hydrogen-bond acceptors (Lipinski definition) is 4. The molecule has 138 valence electrons. The number of carbonyl (C=O) groups excluding carboxylic acids is 2. The van der Waals surface area contributed by atoms with Gasteiger partial charge in [0, 0.05) is 49.0 Å². The van der Waals surface area contributed by atoms with E-state index in [0.717, 1.165) is 75.2 Å². The predicted molar refractivity (Wildman–Crippen MR) is 99.4 cm³/mol. The highest BCUT2D eigenvalue weighted by atomic mass is 32.1. The zero-order chi connectivity index (χ0) is 17.6. The summed E-state index contributed by atoms with van der Waals surface area (Å²) in [6.07, 6.45) is 7.85. The van der Waals surface area contributed by atoms with Crippen LogP contribution in [0.4, 0.5) is 0 Å². The molecule has 0 aromatic carbocycles. The number of nitrogens with one attached hydrogen (secondary N) is 1. The summed E-state index contributed by atoms with van der Waals surface area (Å²) in [4.78, 5) is 31.8. The lowest BCUT2D eigenvalue weighted by molar-refractivity contribution is -0.142. The number of amides is 2. The maximum Gasteiger partial charge on any atom is 0.226 e. The first-order valence-corrected chi connectivity index (χ1v) is 10.5. The summed E-state index contributed by atoms with van der Waals surface area (Å²) in [5.41, 5.74) is 1.06. The highest BCUT2D eigenvalue weighted by Crippen LogP contribution is 2.32. The van der Waals surface area contributed by atoms with E-state index in [-0.39, 0.29) is 23.7 Å². The molecular weight excluding hydrogens is 334 g/mol. The Bertz CT molecular complexity index is 595. The summed E-state index contributed by atoms with van der Waals surface area (Å²) in [6.45, 7) is 4.41. The van der Waals surface area contributed by atoms with Crippen LogP contribution in [0.1, 0.15) is 55.6 Å². The summed E-state index contributed by atoms with van der Waals surface area (Å²) >= 11 is 1.68. The molecule has 1 aromatic rings. The molecule has 0 unspecified atom stereocenters. The van der Waals surface area contributed by atoms with Crippen LogP contribution in [0, 0.1) is 18.8 Å². The molecule has 0 spiro atoms. The zero-order valence-electron chi connectivity index (χ0n) is 15.1. The van der Waals surface area contributed by atoms with E-state index in [1.165, 1.54) is 0 Å². The Morgan fingerprint density at radius 2 is 1.92 bits per heavy atom. The van der Waals surface area contributed by atoms with Crippen molar-refractivity contribution in [1.82, 2.24) is 15.2 Å². The largest absolute Gasteiger partial charge is 0.356 e. The number of aryl methyl sites for hydroxylation is 2. The number of nitrogens with zero attached hydrogens (tertiary/aromatic N) is 2. The molecule has 1 aliphatic carbocycles. The molecule has 2 heterocycles. The van der Waals surface area contributed by atoms with E-state index < -0.39 is 0 Å². The van der Waals surface area contributed by atoms with Gasteiger partial charge in [0.2, 0.25) is 11.8 Å². The van der Waals surface area contributed by atoms with Crippen molar-refractivity contribution >= 4 is 23.2 Å². The average Bonchev–Trinajstić information content (AvgIpc) is 3.30. The molecular formula is C19H29N3O2S. The molecule has 2 atom stereocenters. The van der Waals surface area contributed by atoms with Gasteiger partial charge in [-0.05, 0) is 39.0 Å². The lowest BCUT2D eigenvalue weighted by Crippen LogP contribution is -2.44. The minimum atomic E-state index is -0.135. The maximum absolute atomic E-state index is 12.8. The molecule has 0 radical (unpaired) electrons. The predicted octanol–water partition coefficient (Wildman–Crippen LogP) is 2.93. The third-order valence-electron chi connectivity index (χ3n) is 5.37. The maximum atomic E-state index is 12.8. The second kappa shape index (κ2) is 8.79. The van der Waals surface area contributed by atoms with E-state index in [9.17, 15) is 9.59 Å². The van der Waals surface area contributed by atoms with Crippen LogP contribution in [-0.4, -0.2) is 41.3 Å². The summed E-state index contributed by atoms with van der Waals surface area (Å²) in [7, 11) is 0. The van der Waals surface area contributed by atoms with E-state index in [0.29, 0.717) is 6.54 Å². The van der Waals surface area contributed by atoms with Crippen LogP contribution < -0.4 is 5.32 Å². The SMILES string of the molecule is Cc1csc(CCCNC(=O)[C@@H]2CCCC[C@@H]2C(=O)N2CCCC2)n1. The fourth-order valence-corrected chi connectivity index (χ4v) is 4.83. The van der Waals surface area contributed by atoms with Crippen molar-refractivity contribution in [3.05, 3.63) is 16.1 Å². The van der Waals surface area contributed by atoms with Gasteiger partial charge in [0.15, 0.2) is 0 Å². The Balaban J connectivity index is 1.47. The van der Waals surface area contributed by atoms with E-state index >= 15 is 0 Å². The number of rotatable bonds is 6. The smallest absolute Gasteiger partial charge is 0.226 e. The average molecular weight is 364 g/mol. The fraction of sp³-hybridized carbons (Fsp3) is 0.737. The fourth-order valence-electron chi connectivity index (χ4n) is 4.01. The van der Waals surface area contributed by atoms with E-state index in [1.807, 2.05) is 11.8 Å². The van der Waals surface area contributed by atoms with Crippen molar-refractivity contribution in [2.75, 3.05) is 19.6 Å². The van der Waals surface area contributed by atoms with Crippen LogP contribution in [0.25, 0.3) is 0 Å². The molecule has 3 rings (SSSR count). The highest BCUT2D eigenvalue weighted by molar-refractivity contribution is 7.09. The molecule has 0 bridgehead atoms. The van der Waals surface area contributed by atoms with Crippen LogP contribution in [0.3, 0.4) is 0 Å².